The molecule has 0 spiro atoms. The van der Waals surface area contributed by atoms with Crippen LogP contribution in [0, 0.1) is 18.3 Å². The maximum Gasteiger partial charge on any atom is 0.0638 e. The van der Waals surface area contributed by atoms with Crippen molar-refractivity contribution in [2.45, 2.75) is 26.3 Å². The summed E-state index contributed by atoms with van der Waals surface area (Å²) < 4.78 is 0. The van der Waals surface area contributed by atoms with Gasteiger partial charge < -0.3 is 4.90 Å². The van der Waals surface area contributed by atoms with Gasteiger partial charge in [0.05, 0.1) is 12.5 Å². The SMILES string of the molecule is Cc1cccc(N2CCN(C(C)CC#N)CC2)c1. The van der Waals surface area contributed by atoms with Crippen molar-refractivity contribution < 1.29 is 0 Å². The Morgan fingerprint density at radius 2 is 2.00 bits per heavy atom. The summed E-state index contributed by atoms with van der Waals surface area (Å²) >= 11 is 0. The Balaban J connectivity index is 1.93. The molecule has 18 heavy (non-hydrogen) atoms. The predicted molar refractivity (Wildman–Crippen MR) is 74.7 cm³/mol. The number of aryl methyl sites for hydroxylation is 1. The summed E-state index contributed by atoms with van der Waals surface area (Å²) in [4.78, 5) is 4.85. The van der Waals surface area contributed by atoms with Gasteiger partial charge in [0.15, 0.2) is 0 Å². The first-order valence-electron chi connectivity index (χ1n) is 6.63. The number of rotatable bonds is 3. The van der Waals surface area contributed by atoms with Crippen molar-refractivity contribution in [1.82, 2.24) is 4.90 Å². The minimum Gasteiger partial charge on any atom is -0.369 e. The summed E-state index contributed by atoms with van der Waals surface area (Å²) in [6.07, 6.45) is 0.629. The van der Waals surface area contributed by atoms with Gasteiger partial charge in [-0.15, -0.1) is 0 Å². The van der Waals surface area contributed by atoms with Crippen LogP contribution in [-0.2, 0) is 0 Å². The van der Waals surface area contributed by atoms with Gasteiger partial charge in [-0.1, -0.05) is 12.1 Å². The molecule has 1 saturated heterocycles. The van der Waals surface area contributed by atoms with Gasteiger partial charge in [0.1, 0.15) is 0 Å². The normalized spacial score (nSPS) is 18.4. The van der Waals surface area contributed by atoms with Crippen molar-refractivity contribution >= 4 is 5.69 Å². The van der Waals surface area contributed by atoms with Crippen LogP contribution in [0.2, 0.25) is 0 Å². The van der Waals surface area contributed by atoms with Crippen LogP contribution in [0.4, 0.5) is 5.69 Å². The molecule has 1 aromatic carbocycles. The summed E-state index contributed by atoms with van der Waals surface area (Å²) in [7, 11) is 0. The fourth-order valence-electron chi connectivity index (χ4n) is 2.51. The average Bonchev–Trinajstić information content (AvgIpc) is 2.39. The van der Waals surface area contributed by atoms with Crippen molar-refractivity contribution in [1.29, 1.82) is 5.26 Å². The third-order valence-corrected chi connectivity index (χ3v) is 3.69. The molecule has 1 atom stereocenters. The van der Waals surface area contributed by atoms with Gasteiger partial charge in [0, 0.05) is 37.9 Å². The maximum atomic E-state index is 8.74. The fraction of sp³-hybridized carbons (Fsp3) is 0.533. The fourth-order valence-corrected chi connectivity index (χ4v) is 2.51. The first-order valence-corrected chi connectivity index (χ1v) is 6.63. The molecular formula is C15H21N3. The summed E-state index contributed by atoms with van der Waals surface area (Å²) in [6, 6.07) is 11.3. The Hall–Kier alpha value is -1.53. The van der Waals surface area contributed by atoms with Crippen LogP contribution in [0.15, 0.2) is 24.3 Å². The third-order valence-electron chi connectivity index (χ3n) is 3.69. The topological polar surface area (TPSA) is 30.3 Å². The lowest BCUT2D eigenvalue weighted by atomic mass is 10.1. The Bertz CT molecular complexity index is 428. The van der Waals surface area contributed by atoms with E-state index < -0.39 is 0 Å². The molecule has 3 nitrogen and oxygen atoms in total. The number of piperazine rings is 1. The standard InChI is InChI=1S/C15H21N3/c1-13-4-3-5-15(12-13)18-10-8-17(9-11-18)14(2)6-7-16/h3-5,12,14H,6,8-11H2,1-2H3. The molecule has 0 saturated carbocycles. The number of hydrogen-bond donors (Lipinski definition) is 0. The maximum absolute atomic E-state index is 8.74. The van der Waals surface area contributed by atoms with Crippen molar-refractivity contribution in [3.63, 3.8) is 0 Å². The van der Waals surface area contributed by atoms with E-state index in [1.807, 2.05) is 0 Å². The van der Waals surface area contributed by atoms with Gasteiger partial charge in [0.2, 0.25) is 0 Å². The highest BCUT2D eigenvalue weighted by Gasteiger charge is 2.20. The minimum absolute atomic E-state index is 0.384. The third kappa shape index (κ3) is 3.02. The molecule has 3 heteroatoms. The zero-order valence-electron chi connectivity index (χ0n) is 11.3. The van der Waals surface area contributed by atoms with Gasteiger partial charge in [-0.25, -0.2) is 0 Å². The van der Waals surface area contributed by atoms with Crippen LogP contribution in [0.5, 0.6) is 0 Å². The van der Waals surface area contributed by atoms with Crippen LogP contribution in [0.1, 0.15) is 18.9 Å². The van der Waals surface area contributed by atoms with Gasteiger partial charge in [0.25, 0.3) is 0 Å². The first kappa shape index (κ1) is 12.9. The van der Waals surface area contributed by atoms with E-state index in [4.69, 9.17) is 5.26 Å². The zero-order chi connectivity index (χ0) is 13.0. The lowest BCUT2D eigenvalue weighted by Crippen LogP contribution is -2.49. The van der Waals surface area contributed by atoms with Crippen molar-refractivity contribution in [2.75, 3.05) is 31.1 Å². The Morgan fingerprint density at radius 1 is 1.28 bits per heavy atom. The average molecular weight is 243 g/mol. The lowest BCUT2D eigenvalue weighted by Gasteiger charge is -2.38. The highest BCUT2D eigenvalue weighted by atomic mass is 15.3. The molecule has 0 bridgehead atoms. The molecule has 2 rings (SSSR count). The number of hydrogen-bond acceptors (Lipinski definition) is 3. The second-order valence-electron chi connectivity index (χ2n) is 5.07. The minimum atomic E-state index is 0.384. The van der Waals surface area contributed by atoms with Crippen LogP contribution < -0.4 is 4.90 Å². The van der Waals surface area contributed by atoms with Crippen LogP contribution >= 0.6 is 0 Å². The molecule has 0 aliphatic carbocycles. The number of nitrogens with zero attached hydrogens (tertiary/aromatic N) is 3. The molecule has 1 heterocycles. The second-order valence-corrected chi connectivity index (χ2v) is 5.07. The molecule has 1 unspecified atom stereocenters. The monoisotopic (exact) mass is 243 g/mol. The van der Waals surface area contributed by atoms with E-state index in [0.717, 1.165) is 26.2 Å². The molecule has 0 amide bonds. The molecular weight excluding hydrogens is 222 g/mol. The van der Waals surface area contributed by atoms with E-state index in [-0.39, 0.29) is 0 Å². The largest absolute Gasteiger partial charge is 0.369 e. The highest BCUT2D eigenvalue weighted by Crippen LogP contribution is 2.18. The second kappa shape index (κ2) is 5.88. The number of benzene rings is 1. The Labute approximate surface area is 110 Å². The summed E-state index contributed by atoms with van der Waals surface area (Å²) in [5.74, 6) is 0. The molecule has 96 valence electrons. The molecule has 0 aromatic heterocycles. The van der Waals surface area contributed by atoms with Crippen LogP contribution in [0.3, 0.4) is 0 Å². The Morgan fingerprint density at radius 3 is 2.61 bits per heavy atom. The van der Waals surface area contributed by atoms with Crippen molar-refractivity contribution in [3.05, 3.63) is 29.8 Å². The van der Waals surface area contributed by atoms with Gasteiger partial charge in [-0.05, 0) is 31.5 Å². The van der Waals surface area contributed by atoms with Gasteiger partial charge >= 0.3 is 0 Å². The molecule has 1 aliphatic heterocycles. The molecule has 1 aliphatic rings. The van der Waals surface area contributed by atoms with E-state index in [1.54, 1.807) is 0 Å². The van der Waals surface area contributed by atoms with E-state index in [9.17, 15) is 0 Å². The molecule has 0 N–H and O–H groups in total. The van der Waals surface area contributed by atoms with Gasteiger partial charge in [-0.3, -0.25) is 4.90 Å². The highest BCUT2D eigenvalue weighted by molar-refractivity contribution is 5.48. The van der Waals surface area contributed by atoms with E-state index in [1.165, 1.54) is 11.3 Å². The number of nitriles is 1. The van der Waals surface area contributed by atoms with Crippen LogP contribution in [-0.4, -0.2) is 37.1 Å². The van der Waals surface area contributed by atoms with Crippen LogP contribution in [0.25, 0.3) is 0 Å². The first-order chi connectivity index (χ1) is 8.70. The molecule has 0 radical (unpaired) electrons. The lowest BCUT2D eigenvalue weighted by molar-refractivity contribution is 0.199. The van der Waals surface area contributed by atoms with E-state index in [2.05, 4.69) is 54.0 Å². The van der Waals surface area contributed by atoms with E-state index in [0.29, 0.717) is 12.5 Å². The quantitative estimate of drug-likeness (QED) is 0.816. The van der Waals surface area contributed by atoms with Crippen molar-refractivity contribution in [2.24, 2.45) is 0 Å². The summed E-state index contributed by atoms with van der Waals surface area (Å²) in [6.45, 7) is 8.49. The smallest absolute Gasteiger partial charge is 0.0638 e. The Kier molecular flexibility index (Phi) is 4.22. The number of anilines is 1. The zero-order valence-corrected chi connectivity index (χ0v) is 11.3. The van der Waals surface area contributed by atoms with Crippen molar-refractivity contribution in [3.8, 4) is 6.07 Å². The summed E-state index contributed by atoms with van der Waals surface area (Å²) in [5, 5.41) is 8.74. The molecule has 1 aromatic rings. The predicted octanol–water partition coefficient (Wildman–Crippen LogP) is 2.42. The summed E-state index contributed by atoms with van der Waals surface area (Å²) in [5.41, 5.74) is 2.63. The molecule has 1 fully saturated rings. The van der Waals surface area contributed by atoms with Gasteiger partial charge in [-0.2, -0.15) is 5.26 Å². The van der Waals surface area contributed by atoms with E-state index >= 15 is 0 Å².